The minimum absolute atomic E-state index is 0.142. The van der Waals surface area contributed by atoms with Crippen LogP contribution in [0.4, 0.5) is 0 Å². The van der Waals surface area contributed by atoms with E-state index in [0.29, 0.717) is 6.42 Å². The van der Waals surface area contributed by atoms with Gasteiger partial charge in [-0.3, -0.25) is 19.2 Å². The molecule has 13 nitrogen and oxygen atoms in total. The number of nitrogens with two attached hydrogens (primary N) is 1. The third kappa shape index (κ3) is 6.66. The predicted molar refractivity (Wildman–Crippen MR) is 95.2 cm³/mol. The fourth-order valence-corrected chi connectivity index (χ4v) is 2.88. The number of rotatable bonds is 10. The molecule has 164 valence electrons. The van der Waals surface area contributed by atoms with Crippen LogP contribution < -0.4 is 16.4 Å². The van der Waals surface area contributed by atoms with Gasteiger partial charge >= 0.3 is 11.9 Å². The molecule has 13 heteroatoms. The van der Waals surface area contributed by atoms with E-state index in [1.807, 2.05) is 0 Å². The van der Waals surface area contributed by atoms with Crippen molar-refractivity contribution < 1.29 is 44.4 Å². The molecular formula is C16H26N4O9. The van der Waals surface area contributed by atoms with Crippen molar-refractivity contribution in [1.82, 2.24) is 15.5 Å². The lowest BCUT2D eigenvalue weighted by molar-refractivity contribution is -0.150. The van der Waals surface area contributed by atoms with Gasteiger partial charge in [0.25, 0.3) is 0 Å². The number of likely N-dealkylation sites (tertiary alicyclic amines) is 1. The number of carbonyl (C=O) groups excluding carboxylic acids is 3. The first-order valence-corrected chi connectivity index (χ1v) is 8.89. The molecule has 0 aromatic carbocycles. The number of carbonyl (C=O) groups is 5. The number of nitrogens with one attached hydrogen (secondary N) is 2. The fraction of sp³-hybridized carbons (Fsp3) is 0.688. The van der Waals surface area contributed by atoms with E-state index in [1.54, 1.807) is 0 Å². The normalized spacial score (nSPS) is 20.3. The minimum atomic E-state index is -1.59. The molecule has 0 radical (unpaired) electrons. The first-order chi connectivity index (χ1) is 13.5. The van der Waals surface area contributed by atoms with Gasteiger partial charge in [-0.25, -0.2) is 4.79 Å². The molecule has 5 unspecified atom stereocenters. The average Bonchev–Trinajstić information content (AvgIpc) is 3.12. The number of nitrogens with zero attached hydrogens (tertiary/aromatic N) is 1. The van der Waals surface area contributed by atoms with Crippen molar-refractivity contribution >= 4 is 29.7 Å². The molecule has 1 rings (SSSR count). The van der Waals surface area contributed by atoms with Gasteiger partial charge in [-0.2, -0.15) is 0 Å². The first-order valence-electron chi connectivity index (χ1n) is 8.89. The highest BCUT2D eigenvalue weighted by molar-refractivity contribution is 5.95. The summed E-state index contributed by atoms with van der Waals surface area (Å²) in [6.45, 7) is 0.471. The Morgan fingerprint density at radius 3 is 2.24 bits per heavy atom. The van der Waals surface area contributed by atoms with Gasteiger partial charge in [-0.15, -0.1) is 0 Å². The van der Waals surface area contributed by atoms with Crippen molar-refractivity contribution in [2.24, 2.45) is 5.73 Å². The molecule has 0 aromatic heterocycles. The molecule has 1 saturated heterocycles. The fourth-order valence-electron chi connectivity index (χ4n) is 2.88. The van der Waals surface area contributed by atoms with Crippen LogP contribution in [-0.2, 0) is 24.0 Å². The number of amides is 3. The summed E-state index contributed by atoms with van der Waals surface area (Å²) in [4.78, 5) is 59.8. The monoisotopic (exact) mass is 418 g/mol. The largest absolute Gasteiger partial charge is 0.481 e. The van der Waals surface area contributed by atoms with Crippen molar-refractivity contribution in [1.29, 1.82) is 0 Å². The van der Waals surface area contributed by atoms with Crippen LogP contribution in [0.25, 0.3) is 0 Å². The second kappa shape index (κ2) is 10.7. The maximum atomic E-state index is 12.5. The van der Waals surface area contributed by atoms with Crippen molar-refractivity contribution in [3.05, 3.63) is 0 Å². The summed E-state index contributed by atoms with van der Waals surface area (Å²) in [6.07, 6.45) is -1.46. The standard InChI is InChI=1S/C16H26N4O9/c1-7(22)12(19-13(25)8(17)5-11(23)24)14(26)18-9(6-21)15(27)20-4-2-3-10(20)16(28)29/h7-10,12,21-22H,2-6,17H2,1H3,(H,18,26)(H,19,25)(H,23,24)(H,28,29). The van der Waals surface area contributed by atoms with Gasteiger partial charge in [0.05, 0.1) is 25.2 Å². The quantitative estimate of drug-likeness (QED) is 0.183. The van der Waals surface area contributed by atoms with Crippen LogP contribution in [0.3, 0.4) is 0 Å². The molecule has 1 aliphatic rings. The third-order valence-corrected chi connectivity index (χ3v) is 4.41. The van der Waals surface area contributed by atoms with E-state index in [0.717, 1.165) is 4.90 Å². The Kier molecular flexibility index (Phi) is 8.94. The van der Waals surface area contributed by atoms with Crippen molar-refractivity contribution in [2.75, 3.05) is 13.2 Å². The highest BCUT2D eigenvalue weighted by Gasteiger charge is 2.38. The lowest BCUT2D eigenvalue weighted by atomic mass is 10.1. The molecule has 0 aliphatic carbocycles. The van der Waals surface area contributed by atoms with Crippen LogP contribution in [0.2, 0.25) is 0 Å². The lowest BCUT2D eigenvalue weighted by Gasteiger charge is -2.28. The van der Waals surface area contributed by atoms with Gasteiger partial charge in [0.1, 0.15) is 18.1 Å². The molecule has 29 heavy (non-hydrogen) atoms. The second-order valence-corrected chi connectivity index (χ2v) is 6.70. The van der Waals surface area contributed by atoms with Gasteiger partial charge in [-0.1, -0.05) is 0 Å². The summed E-state index contributed by atoms with van der Waals surface area (Å²) in [7, 11) is 0. The molecule has 5 atom stereocenters. The van der Waals surface area contributed by atoms with Crippen LogP contribution in [0.15, 0.2) is 0 Å². The van der Waals surface area contributed by atoms with Crippen LogP contribution in [-0.4, -0.2) is 98.4 Å². The Bertz CT molecular complexity index is 654. The van der Waals surface area contributed by atoms with Crippen molar-refractivity contribution in [2.45, 2.75) is 56.5 Å². The molecule has 1 heterocycles. The van der Waals surface area contributed by atoms with Crippen LogP contribution in [0.5, 0.6) is 0 Å². The van der Waals surface area contributed by atoms with Gasteiger partial charge in [0.2, 0.25) is 17.7 Å². The molecular weight excluding hydrogens is 392 g/mol. The molecule has 0 saturated carbocycles. The molecule has 8 N–H and O–H groups in total. The van der Waals surface area contributed by atoms with E-state index in [4.69, 9.17) is 15.9 Å². The van der Waals surface area contributed by atoms with Crippen LogP contribution >= 0.6 is 0 Å². The average molecular weight is 418 g/mol. The SMILES string of the molecule is CC(O)C(NC(=O)C(N)CC(=O)O)C(=O)NC(CO)C(=O)N1CCCC1C(=O)O. The molecule has 0 aromatic rings. The molecule has 3 amide bonds. The van der Waals surface area contributed by atoms with Gasteiger partial charge < -0.3 is 41.7 Å². The first kappa shape index (κ1) is 24.3. The molecule has 1 fully saturated rings. The Morgan fingerprint density at radius 2 is 1.76 bits per heavy atom. The number of hydrogen-bond acceptors (Lipinski definition) is 8. The topological polar surface area (TPSA) is 220 Å². The summed E-state index contributed by atoms with van der Waals surface area (Å²) < 4.78 is 0. The minimum Gasteiger partial charge on any atom is -0.481 e. The predicted octanol–water partition coefficient (Wildman–Crippen LogP) is -3.79. The van der Waals surface area contributed by atoms with Gasteiger partial charge in [-0.05, 0) is 19.8 Å². The van der Waals surface area contributed by atoms with Gasteiger partial charge in [0, 0.05) is 6.54 Å². The second-order valence-electron chi connectivity index (χ2n) is 6.70. The smallest absolute Gasteiger partial charge is 0.326 e. The number of aliphatic hydroxyl groups is 2. The Labute approximate surface area is 165 Å². The zero-order valence-corrected chi connectivity index (χ0v) is 15.8. The zero-order chi connectivity index (χ0) is 22.3. The third-order valence-electron chi connectivity index (χ3n) is 4.41. The number of aliphatic hydroxyl groups excluding tert-OH is 2. The number of carboxylic acid groups (broad SMARTS) is 2. The lowest BCUT2D eigenvalue weighted by Crippen LogP contribution is -2.60. The highest BCUT2D eigenvalue weighted by Crippen LogP contribution is 2.18. The van der Waals surface area contributed by atoms with E-state index >= 15 is 0 Å². The summed E-state index contributed by atoms with van der Waals surface area (Å²) in [6, 6.07) is -5.63. The van der Waals surface area contributed by atoms with E-state index in [9.17, 15) is 34.2 Å². The number of carboxylic acids is 2. The van der Waals surface area contributed by atoms with E-state index in [2.05, 4.69) is 10.6 Å². The Hall–Kier alpha value is -2.77. The summed E-state index contributed by atoms with van der Waals surface area (Å²) in [5.74, 6) is -5.40. The number of hydrogen-bond donors (Lipinski definition) is 7. The van der Waals surface area contributed by atoms with Crippen LogP contribution in [0, 0.1) is 0 Å². The molecule has 1 aliphatic heterocycles. The summed E-state index contributed by atoms with van der Waals surface area (Å²) in [5, 5.41) is 41.3. The number of aliphatic carboxylic acids is 2. The molecule has 0 bridgehead atoms. The zero-order valence-electron chi connectivity index (χ0n) is 15.8. The summed E-state index contributed by atoms with van der Waals surface area (Å²) >= 11 is 0. The van der Waals surface area contributed by atoms with E-state index in [-0.39, 0.29) is 13.0 Å². The van der Waals surface area contributed by atoms with Crippen molar-refractivity contribution in [3.63, 3.8) is 0 Å². The summed E-state index contributed by atoms with van der Waals surface area (Å²) in [5.41, 5.74) is 5.41. The Morgan fingerprint density at radius 1 is 1.14 bits per heavy atom. The molecule has 0 spiro atoms. The Balaban J connectivity index is 2.83. The van der Waals surface area contributed by atoms with Crippen molar-refractivity contribution in [3.8, 4) is 0 Å². The maximum absolute atomic E-state index is 12.5. The highest BCUT2D eigenvalue weighted by atomic mass is 16.4. The van der Waals surface area contributed by atoms with Crippen LogP contribution in [0.1, 0.15) is 26.2 Å². The van der Waals surface area contributed by atoms with Gasteiger partial charge in [0.15, 0.2) is 0 Å². The maximum Gasteiger partial charge on any atom is 0.326 e. The van der Waals surface area contributed by atoms with E-state index < -0.39 is 73.0 Å². The van der Waals surface area contributed by atoms with E-state index in [1.165, 1.54) is 6.92 Å².